The van der Waals surface area contributed by atoms with Gasteiger partial charge in [-0.25, -0.2) is 0 Å². The van der Waals surface area contributed by atoms with Crippen LogP contribution in [0.5, 0.6) is 0 Å². The fraction of sp³-hybridized carbons (Fsp3) is 0.789. The van der Waals surface area contributed by atoms with E-state index in [1.54, 1.807) is 6.92 Å². The Morgan fingerprint density at radius 2 is 2.11 bits per heavy atom. The molecule has 2 saturated heterocycles. The van der Waals surface area contributed by atoms with Gasteiger partial charge in [-0.05, 0) is 44.7 Å². The standard InChI is InChI=1S/C19H31N5O2.2ClH/c1-15(25)21-13-18-3-4-19(26-18)5-9-23(10-6-19)14-16-11-17-12-20-7-2-8-24(17)22-16;;/h11,18,20H,2-10,12-14H2,1H3,(H,21,25);2*1H. The molecule has 2 fully saturated rings. The predicted octanol–water partition coefficient (Wildman–Crippen LogP) is 1.87. The zero-order valence-corrected chi connectivity index (χ0v) is 18.2. The van der Waals surface area contributed by atoms with Crippen molar-refractivity contribution in [1.82, 2.24) is 25.3 Å². The maximum Gasteiger partial charge on any atom is 0.216 e. The lowest BCUT2D eigenvalue weighted by Gasteiger charge is -2.39. The molecule has 7 nitrogen and oxygen atoms in total. The van der Waals surface area contributed by atoms with Gasteiger partial charge in [-0.1, -0.05) is 0 Å². The summed E-state index contributed by atoms with van der Waals surface area (Å²) in [6, 6.07) is 2.26. The molecule has 2 N–H and O–H groups in total. The number of likely N-dealkylation sites (tertiary alicyclic amines) is 1. The molecule has 3 aliphatic rings. The van der Waals surface area contributed by atoms with Crippen molar-refractivity contribution < 1.29 is 9.53 Å². The van der Waals surface area contributed by atoms with Gasteiger partial charge in [0.15, 0.2) is 0 Å². The summed E-state index contributed by atoms with van der Waals surface area (Å²) in [6.45, 7) is 8.31. The van der Waals surface area contributed by atoms with Gasteiger partial charge < -0.3 is 15.4 Å². The fourth-order valence-corrected chi connectivity index (χ4v) is 4.51. The second kappa shape index (κ2) is 10.3. The molecule has 0 saturated carbocycles. The van der Waals surface area contributed by atoms with Crippen LogP contribution < -0.4 is 10.6 Å². The molecular formula is C19H33Cl2N5O2. The van der Waals surface area contributed by atoms with Crippen molar-refractivity contribution in [1.29, 1.82) is 0 Å². The molecule has 28 heavy (non-hydrogen) atoms. The Bertz CT molecular complexity index is 623. The second-order valence-corrected chi connectivity index (χ2v) is 8.06. The molecule has 3 aliphatic heterocycles. The normalized spacial score (nSPS) is 24.0. The molecule has 1 aromatic heterocycles. The number of carbonyl (C=O) groups is 1. The van der Waals surface area contributed by atoms with Crippen molar-refractivity contribution in [2.75, 3.05) is 26.2 Å². The lowest BCUT2D eigenvalue weighted by molar-refractivity contribution is -0.120. The summed E-state index contributed by atoms with van der Waals surface area (Å²) in [5, 5.41) is 11.2. The smallest absolute Gasteiger partial charge is 0.216 e. The summed E-state index contributed by atoms with van der Waals surface area (Å²) in [5.74, 6) is 0.0260. The molecule has 0 radical (unpaired) electrons. The quantitative estimate of drug-likeness (QED) is 0.757. The Balaban J connectivity index is 0.00000140. The highest BCUT2D eigenvalue weighted by Gasteiger charge is 2.42. The highest BCUT2D eigenvalue weighted by molar-refractivity contribution is 5.85. The van der Waals surface area contributed by atoms with Crippen LogP contribution in [-0.2, 0) is 29.2 Å². The minimum Gasteiger partial charge on any atom is -0.370 e. The molecule has 1 unspecified atom stereocenters. The number of aryl methyl sites for hydroxylation is 1. The van der Waals surface area contributed by atoms with Crippen LogP contribution in [0, 0.1) is 0 Å². The number of nitrogens with zero attached hydrogens (tertiary/aromatic N) is 3. The van der Waals surface area contributed by atoms with Crippen molar-refractivity contribution in [2.45, 2.75) is 70.4 Å². The number of aromatic nitrogens is 2. The Hall–Kier alpha value is -0.860. The number of hydrogen-bond donors (Lipinski definition) is 2. The zero-order chi connectivity index (χ0) is 18.0. The van der Waals surface area contributed by atoms with Gasteiger partial charge in [0.05, 0.1) is 23.1 Å². The fourth-order valence-electron chi connectivity index (χ4n) is 4.51. The number of fused-ring (bicyclic) bond motifs is 1. The Kier molecular flexibility index (Phi) is 8.58. The van der Waals surface area contributed by atoms with Crippen molar-refractivity contribution in [3.63, 3.8) is 0 Å². The minimum atomic E-state index is 0. The molecule has 0 aromatic carbocycles. The number of ether oxygens (including phenoxy) is 1. The lowest BCUT2D eigenvalue weighted by Crippen LogP contribution is -2.44. The molecule has 0 aliphatic carbocycles. The number of nitrogens with one attached hydrogen (secondary N) is 2. The summed E-state index contributed by atoms with van der Waals surface area (Å²) in [4.78, 5) is 13.6. The molecule has 1 spiro atoms. The Labute approximate surface area is 179 Å². The Morgan fingerprint density at radius 1 is 1.32 bits per heavy atom. The van der Waals surface area contributed by atoms with Crippen LogP contribution in [-0.4, -0.2) is 58.5 Å². The van der Waals surface area contributed by atoms with E-state index in [2.05, 4.69) is 26.3 Å². The molecule has 160 valence electrons. The van der Waals surface area contributed by atoms with E-state index in [-0.39, 0.29) is 42.4 Å². The van der Waals surface area contributed by atoms with E-state index in [0.717, 1.165) is 71.4 Å². The van der Waals surface area contributed by atoms with Gasteiger partial charge in [0.25, 0.3) is 0 Å². The number of hydrogen-bond acceptors (Lipinski definition) is 5. The third kappa shape index (κ3) is 5.60. The first kappa shape index (κ1) is 23.4. The van der Waals surface area contributed by atoms with Crippen LogP contribution in [0.15, 0.2) is 6.07 Å². The van der Waals surface area contributed by atoms with Crippen molar-refractivity contribution >= 4 is 30.7 Å². The molecular weight excluding hydrogens is 401 g/mol. The third-order valence-corrected chi connectivity index (χ3v) is 6.01. The summed E-state index contributed by atoms with van der Waals surface area (Å²) >= 11 is 0. The van der Waals surface area contributed by atoms with Gasteiger partial charge in [0.2, 0.25) is 5.91 Å². The van der Waals surface area contributed by atoms with Gasteiger partial charge in [0, 0.05) is 46.2 Å². The minimum absolute atomic E-state index is 0. The van der Waals surface area contributed by atoms with E-state index in [4.69, 9.17) is 9.84 Å². The molecule has 1 aromatic rings. The highest BCUT2D eigenvalue weighted by atomic mass is 35.5. The number of rotatable bonds is 4. The van der Waals surface area contributed by atoms with Crippen molar-refractivity contribution in [2.24, 2.45) is 0 Å². The number of piperidine rings is 1. The van der Waals surface area contributed by atoms with Crippen LogP contribution in [0.4, 0.5) is 0 Å². The van der Waals surface area contributed by atoms with E-state index in [0.29, 0.717) is 6.54 Å². The summed E-state index contributed by atoms with van der Waals surface area (Å²) in [5.41, 5.74) is 2.54. The van der Waals surface area contributed by atoms with E-state index < -0.39 is 0 Å². The van der Waals surface area contributed by atoms with Crippen LogP contribution in [0.2, 0.25) is 0 Å². The van der Waals surface area contributed by atoms with Crippen LogP contribution in [0.1, 0.15) is 50.4 Å². The van der Waals surface area contributed by atoms with Crippen LogP contribution in [0.25, 0.3) is 0 Å². The summed E-state index contributed by atoms with van der Waals surface area (Å²) in [7, 11) is 0. The molecule has 1 atom stereocenters. The SMILES string of the molecule is CC(=O)NCC1CCC2(CCN(Cc3cc4n(n3)CCCNC4)CC2)O1.Cl.Cl. The first-order valence-electron chi connectivity index (χ1n) is 10.0. The van der Waals surface area contributed by atoms with Gasteiger partial charge in [-0.3, -0.25) is 14.4 Å². The number of amides is 1. The second-order valence-electron chi connectivity index (χ2n) is 8.06. The summed E-state index contributed by atoms with van der Waals surface area (Å²) in [6.07, 6.45) is 5.67. The maximum atomic E-state index is 11.1. The molecule has 1 amide bonds. The van der Waals surface area contributed by atoms with E-state index in [1.807, 2.05) is 0 Å². The van der Waals surface area contributed by atoms with Crippen LogP contribution >= 0.6 is 24.8 Å². The van der Waals surface area contributed by atoms with Crippen molar-refractivity contribution in [3.05, 3.63) is 17.5 Å². The maximum absolute atomic E-state index is 11.1. The molecule has 4 rings (SSSR count). The first-order chi connectivity index (χ1) is 12.6. The topological polar surface area (TPSA) is 71.4 Å². The van der Waals surface area contributed by atoms with Gasteiger partial charge in [-0.2, -0.15) is 5.10 Å². The first-order valence-corrected chi connectivity index (χ1v) is 10.0. The number of carbonyl (C=O) groups excluding carboxylic acids is 1. The highest BCUT2D eigenvalue weighted by Crippen LogP contribution is 2.38. The third-order valence-electron chi connectivity index (χ3n) is 6.01. The van der Waals surface area contributed by atoms with Crippen molar-refractivity contribution in [3.8, 4) is 0 Å². The molecule has 4 heterocycles. The summed E-state index contributed by atoms with van der Waals surface area (Å²) < 4.78 is 8.52. The largest absolute Gasteiger partial charge is 0.370 e. The number of halogens is 2. The molecule has 0 bridgehead atoms. The van der Waals surface area contributed by atoms with E-state index in [9.17, 15) is 4.79 Å². The average Bonchev–Trinajstić information content (AvgIpc) is 3.13. The predicted molar refractivity (Wildman–Crippen MR) is 113 cm³/mol. The lowest BCUT2D eigenvalue weighted by atomic mass is 9.88. The van der Waals surface area contributed by atoms with Gasteiger partial charge >= 0.3 is 0 Å². The Morgan fingerprint density at radius 3 is 2.86 bits per heavy atom. The monoisotopic (exact) mass is 433 g/mol. The zero-order valence-electron chi connectivity index (χ0n) is 16.6. The van der Waals surface area contributed by atoms with Crippen LogP contribution in [0.3, 0.4) is 0 Å². The van der Waals surface area contributed by atoms with Gasteiger partial charge in [-0.15, -0.1) is 24.8 Å². The van der Waals surface area contributed by atoms with Gasteiger partial charge in [0.1, 0.15) is 0 Å². The molecule has 9 heteroatoms. The van der Waals surface area contributed by atoms with E-state index in [1.165, 1.54) is 11.4 Å². The average molecular weight is 434 g/mol. The van der Waals surface area contributed by atoms with E-state index >= 15 is 0 Å².